The average Bonchev–Trinajstić information content (AvgIpc) is 2.33. The van der Waals surface area contributed by atoms with Crippen LogP contribution in [0.1, 0.15) is 35.3 Å². The van der Waals surface area contributed by atoms with Crippen LogP contribution < -0.4 is 11.1 Å². The molecule has 0 aliphatic carbocycles. The van der Waals surface area contributed by atoms with Crippen LogP contribution in [-0.2, 0) is 4.74 Å². The van der Waals surface area contributed by atoms with Gasteiger partial charge in [-0.1, -0.05) is 0 Å². The summed E-state index contributed by atoms with van der Waals surface area (Å²) in [5.74, 6) is -0.160. The Labute approximate surface area is 108 Å². The lowest BCUT2D eigenvalue weighted by atomic mass is 10.2. The van der Waals surface area contributed by atoms with Crippen molar-refractivity contribution in [2.45, 2.75) is 26.2 Å². The standard InChI is InChI=1S/C13H21N3O2/c1-10-8-12(14)11(9-16-10)13(17)15-6-4-3-5-7-18-2/h8-9H,3-7H2,1-2H3,(H2,14,16)(H,15,17). The van der Waals surface area contributed by atoms with Crippen LogP contribution in [-0.4, -0.2) is 31.2 Å². The maximum atomic E-state index is 11.8. The number of amides is 1. The highest BCUT2D eigenvalue weighted by molar-refractivity contribution is 5.98. The number of hydrogen-bond acceptors (Lipinski definition) is 4. The van der Waals surface area contributed by atoms with Crippen LogP contribution in [0, 0.1) is 6.92 Å². The molecule has 0 spiro atoms. The fourth-order valence-electron chi connectivity index (χ4n) is 1.62. The molecule has 5 heteroatoms. The number of carbonyl (C=O) groups is 1. The summed E-state index contributed by atoms with van der Waals surface area (Å²) < 4.78 is 4.95. The predicted molar refractivity (Wildman–Crippen MR) is 71.4 cm³/mol. The van der Waals surface area contributed by atoms with Crippen molar-refractivity contribution in [3.63, 3.8) is 0 Å². The molecule has 0 unspecified atom stereocenters. The van der Waals surface area contributed by atoms with Gasteiger partial charge in [-0.15, -0.1) is 0 Å². The number of carbonyl (C=O) groups excluding carboxylic acids is 1. The number of aryl methyl sites for hydroxylation is 1. The van der Waals surface area contributed by atoms with E-state index in [9.17, 15) is 4.79 Å². The number of nitrogens with two attached hydrogens (primary N) is 1. The van der Waals surface area contributed by atoms with Crippen molar-refractivity contribution < 1.29 is 9.53 Å². The molecule has 0 saturated heterocycles. The number of pyridine rings is 1. The first kappa shape index (κ1) is 14.4. The van der Waals surface area contributed by atoms with E-state index in [1.807, 2.05) is 6.92 Å². The fourth-order valence-corrected chi connectivity index (χ4v) is 1.62. The topological polar surface area (TPSA) is 77.2 Å². The third kappa shape index (κ3) is 4.71. The molecule has 0 radical (unpaired) electrons. The highest BCUT2D eigenvalue weighted by Crippen LogP contribution is 2.10. The van der Waals surface area contributed by atoms with Crippen molar-refractivity contribution >= 4 is 11.6 Å². The van der Waals surface area contributed by atoms with Crippen molar-refractivity contribution in [2.75, 3.05) is 26.0 Å². The number of ether oxygens (including phenoxy) is 1. The zero-order chi connectivity index (χ0) is 13.4. The van der Waals surface area contributed by atoms with Crippen molar-refractivity contribution in [3.8, 4) is 0 Å². The lowest BCUT2D eigenvalue weighted by molar-refractivity contribution is 0.0953. The molecule has 0 aromatic carbocycles. The van der Waals surface area contributed by atoms with Gasteiger partial charge in [0, 0.05) is 37.8 Å². The number of methoxy groups -OCH3 is 1. The van der Waals surface area contributed by atoms with E-state index in [2.05, 4.69) is 10.3 Å². The van der Waals surface area contributed by atoms with Crippen LogP contribution in [0.5, 0.6) is 0 Å². The number of anilines is 1. The van der Waals surface area contributed by atoms with Gasteiger partial charge in [-0.05, 0) is 32.3 Å². The van der Waals surface area contributed by atoms with Crippen LogP contribution in [0.2, 0.25) is 0 Å². The van der Waals surface area contributed by atoms with Gasteiger partial charge < -0.3 is 15.8 Å². The molecule has 100 valence electrons. The van der Waals surface area contributed by atoms with Crippen molar-refractivity contribution in [3.05, 3.63) is 23.5 Å². The molecule has 18 heavy (non-hydrogen) atoms. The third-order valence-corrected chi connectivity index (χ3v) is 2.63. The van der Waals surface area contributed by atoms with Crippen molar-refractivity contribution in [1.29, 1.82) is 0 Å². The van der Waals surface area contributed by atoms with Gasteiger partial charge in [0.05, 0.1) is 5.56 Å². The summed E-state index contributed by atoms with van der Waals surface area (Å²) >= 11 is 0. The van der Waals surface area contributed by atoms with Crippen LogP contribution in [0.25, 0.3) is 0 Å². The minimum Gasteiger partial charge on any atom is -0.398 e. The molecule has 0 aliphatic rings. The van der Waals surface area contributed by atoms with Crippen LogP contribution in [0.15, 0.2) is 12.3 Å². The number of hydrogen-bond donors (Lipinski definition) is 2. The maximum Gasteiger partial charge on any atom is 0.254 e. The largest absolute Gasteiger partial charge is 0.398 e. The van der Waals surface area contributed by atoms with Gasteiger partial charge in [0.2, 0.25) is 0 Å². The van der Waals surface area contributed by atoms with E-state index >= 15 is 0 Å². The molecule has 0 bridgehead atoms. The maximum absolute atomic E-state index is 11.8. The van der Waals surface area contributed by atoms with E-state index < -0.39 is 0 Å². The summed E-state index contributed by atoms with van der Waals surface area (Å²) in [6, 6.07) is 1.70. The summed E-state index contributed by atoms with van der Waals surface area (Å²) in [7, 11) is 1.69. The highest BCUT2D eigenvalue weighted by Gasteiger charge is 2.09. The zero-order valence-corrected chi connectivity index (χ0v) is 11.0. The van der Waals surface area contributed by atoms with Gasteiger partial charge in [-0.2, -0.15) is 0 Å². The molecule has 3 N–H and O–H groups in total. The molecule has 1 rings (SSSR count). The first-order valence-corrected chi connectivity index (χ1v) is 6.14. The van der Waals surface area contributed by atoms with Crippen LogP contribution in [0.4, 0.5) is 5.69 Å². The number of unbranched alkanes of at least 4 members (excludes halogenated alkanes) is 2. The summed E-state index contributed by atoms with van der Waals surface area (Å²) in [6.07, 6.45) is 4.51. The van der Waals surface area contributed by atoms with E-state index in [0.29, 0.717) is 17.8 Å². The van der Waals surface area contributed by atoms with Gasteiger partial charge in [0.25, 0.3) is 5.91 Å². The molecule has 1 aromatic rings. The summed E-state index contributed by atoms with van der Waals surface area (Å²) in [5, 5.41) is 2.84. The summed E-state index contributed by atoms with van der Waals surface area (Å²) in [4.78, 5) is 15.9. The molecule has 5 nitrogen and oxygen atoms in total. The van der Waals surface area contributed by atoms with Crippen molar-refractivity contribution in [2.24, 2.45) is 0 Å². The molecule has 0 atom stereocenters. The fraction of sp³-hybridized carbons (Fsp3) is 0.538. The van der Waals surface area contributed by atoms with E-state index in [-0.39, 0.29) is 5.91 Å². The van der Waals surface area contributed by atoms with Gasteiger partial charge in [0.15, 0.2) is 0 Å². The second-order valence-electron chi connectivity index (χ2n) is 4.22. The Morgan fingerprint density at radius 2 is 2.22 bits per heavy atom. The van der Waals surface area contributed by atoms with Gasteiger partial charge >= 0.3 is 0 Å². The van der Waals surface area contributed by atoms with Gasteiger partial charge in [-0.25, -0.2) is 0 Å². The molecule has 1 aromatic heterocycles. The Bertz CT molecular complexity index is 394. The SMILES string of the molecule is COCCCCCNC(=O)c1cnc(C)cc1N. The van der Waals surface area contributed by atoms with E-state index in [4.69, 9.17) is 10.5 Å². The molecule has 0 fully saturated rings. The Morgan fingerprint density at radius 3 is 2.89 bits per heavy atom. The Morgan fingerprint density at radius 1 is 1.44 bits per heavy atom. The second-order valence-corrected chi connectivity index (χ2v) is 4.22. The minimum atomic E-state index is -0.160. The first-order chi connectivity index (χ1) is 8.65. The molecule has 1 heterocycles. The normalized spacial score (nSPS) is 10.3. The summed E-state index contributed by atoms with van der Waals surface area (Å²) in [6.45, 7) is 3.26. The van der Waals surface area contributed by atoms with E-state index in [1.54, 1.807) is 13.2 Å². The van der Waals surface area contributed by atoms with Crippen LogP contribution >= 0.6 is 0 Å². The Kier molecular flexibility index (Phi) is 6.14. The quantitative estimate of drug-likeness (QED) is 0.720. The number of nitrogen functional groups attached to an aromatic ring is 1. The monoisotopic (exact) mass is 251 g/mol. The molecule has 1 amide bonds. The van der Waals surface area contributed by atoms with Crippen molar-refractivity contribution in [1.82, 2.24) is 10.3 Å². The van der Waals surface area contributed by atoms with Gasteiger partial charge in [-0.3, -0.25) is 9.78 Å². The Hall–Kier alpha value is -1.62. The number of nitrogens with one attached hydrogen (secondary N) is 1. The van der Waals surface area contributed by atoms with E-state index in [1.165, 1.54) is 6.20 Å². The molecule has 0 aliphatic heterocycles. The molecular weight excluding hydrogens is 230 g/mol. The number of nitrogens with zero attached hydrogens (tertiary/aromatic N) is 1. The number of rotatable bonds is 7. The predicted octanol–water partition coefficient (Wildman–Crippen LogP) is 1.52. The van der Waals surface area contributed by atoms with Crippen LogP contribution in [0.3, 0.4) is 0 Å². The lowest BCUT2D eigenvalue weighted by Gasteiger charge is -2.07. The first-order valence-electron chi connectivity index (χ1n) is 6.14. The molecule has 0 saturated carbocycles. The highest BCUT2D eigenvalue weighted by atomic mass is 16.5. The van der Waals surface area contributed by atoms with E-state index in [0.717, 1.165) is 31.6 Å². The lowest BCUT2D eigenvalue weighted by Crippen LogP contribution is -2.25. The average molecular weight is 251 g/mol. The minimum absolute atomic E-state index is 0.160. The third-order valence-electron chi connectivity index (χ3n) is 2.63. The summed E-state index contributed by atoms with van der Waals surface area (Å²) in [5.41, 5.74) is 7.50. The Balaban J connectivity index is 2.32. The van der Waals surface area contributed by atoms with Gasteiger partial charge in [0.1, 0.15) is 0 Å². The second kappa shape index (κ2) is 7.66. The molecular formula is C13H21N3O2. The zero-order valence-electron chi connectivity index (χ0n) is 11.0. The number of aromatic nitrogens is 1. The smallest absolute Gasteiger partial charge is 0.254 e.